The summed E-state index contributed by atoms with van der Waals surface area (Å²) < 4.78 is 36.3. The standard InChI is InChI=1S/C22H25F2N3O/c1-28-19-6-4-5-17(13-19)8-9-18-14-26(12-10-22(18,23)24)15-20-21-7-2-3-11-27(21)16-25-20/h2-7,11,13,16,18H,8-10,12,14-15H2,1H3. The lowest BCUT2D eigenvalue weighted by molar-refractivity contribution is -0.109. The van der Waals surface area contributed by atoms with E-state index in [2.05, 4.69) is 9.88 Å². The third-order valence-corrected chi connectivity index (χ3v) is 5.65. The van der Waals surface area contributed by atoms with Crippen molar-refractivity contribution in [2.75, 3.05) is 20.2 Å². The number of benzene rings is 1. The number of nitrogens with zero attached hydrogens (tertiary/aromatic N) is 3. The normalized spacial score (nSPS) is 19.8. The van der Waals surface area contributed by atoms with Crippen molar-refractivity contribution < 1.29 is 13.5 Å². The van der Waals surface area contributed by atoms with Crippen molar-refractivity contribution in [3.05, 3.63) is 66.2 Å². The van der Waals surface area contributed by atoms with Crippen molar-refractivity contribution in [1.29, 1.82) is 0 Å². The van der Waals surface area contributed by atoms with Gasteiger partial charge in [0.2, 0.25) is 0 Å². The highest BCUT2D eigenvalue weighted by Crippen LogP contribution is 2.37. The highest BCUT2D eigenvalue weighted by molar-refractivity contribution is 5.51. The first kappa shape index (κ1) is 18.9. The van der Waals surface area contributed by atoms with Crippen LogP contribution in [0.25, 0.3) is 5.52 Å². The highest BCUT2D eigenvalue weighted by atomic mass is 19.3. The maximum Gasteiger partial charge on any atom is 0.253 e. The van der Waals surface area contributed by atoms with Crippen LogP contribution >= 0.6 is 0 Å². The number of halogens is 2. The molecule has 0 saturated carbocycles. The molecular weight excluding hydrogens is 360 g/mol. The Balaban J connectivity index is 1.43. The topological polar surface area (TPSA) is 29.8 Å². The second kappa shape index (κ2) is 7.87. The molecule has 0 aliphatic carbocycles. The summed E-state index contributed by atoms with van der Waals surface area (Å²) in [5.74, 6) is -2.51. The Morgan fingerprint density at radius 1 is 1.21 bits per heavy atom. The van der Waals surface area contributed by atoms with Crippen LogP contribution < -0.4 is 4.74 Å². The van der Waals surface area contributed by atoms with E-state index in [1.54, 1.807) is 13.4 Å². The average Bonchev–Trinajstić information content (AvgIpc) is 3.11. The Kier molecular flexibility index (Phi) is 5.31. The van der Waals surface area contributed by atoms with Gasteiger partial charge in [-0.3, -0.25) is 4.90 Å². The number of fused-ring (bicyclic) bond motifs is 1. The minimum Gasteiger partial charge on any atom is -0.497 e. The molecule has 0 amide bonds. The largest absolute Gasteiger partial charge is 0.497 e. The fourth-order valence-electron chi connectivity index (χ4n) is 4.00. The van der Waals surface area contributed by atoms with Crippen LogP contribution in [0.4, 0.5) is 8.78 Å². The number of alkyl halides is 2. The number of aromatic nitrogens is 2. The smallest absolute Gasteiger partial charge is 0.253 e. The number of aryl methyl sites for hydroxylation is 1. The Morgan fingerprint density at radius 3 is 2.96 bits per heavy atom. The molecule has 3 heterocycles. The molecular formula is C22H25F2N3O. The lowest BCUT2D eigenvalue weighted by atomic mass is 9.88. The summed E-state index contributed by atoms with van der Waals surface area (Å²) in [5, 5.41) is 0. The maximum atomic E-state index is 14.6. The molecule has 0 bridgehead atoms. The fourth-order valence-corrected chi connectivity index (χ4v) is 4.00. The molecule has 0 spiro atoms. The quantitative estimate of drug-likeness (QED) is 0.629. The van der Waals surface area contributed by atoms with Crippen LogP contribution in [0.15, 0.2) is 55.0 Å². The number of methoxy groups -OCH3 is 1. The first-order chi connectivity index (χ1) is 13.5. The van der Waals surface area contributed by atoms with Gasteiger partial charge in [-0.1, -0.05) is 18.2 Å². The Bertz CT molecular complexity index is 940. The summed E-state index contributed by atoms with van der Waals surface area (Å²) >= 11 is 0. The molecule has 1 atom stereocenters. The number of rotatable bonds is 6. The van der Waals surface area contributed by atoms with E-state index >= 15 is 0 Å². The third-order valence-electron chi connectivity index (χ3n) is 5.65. The molecule has 4 rings (SSSR count). The molecule has 3 aromatic rings. The van der Waals surface area contributed by atoms with Crippen molar-refractivity contribution in [3.63, 3.8) is 0 Å². The van der Waals surface area contributed by atoms with Gasteiger partial charge in [-0.25, -0.2) is 13.8 Å². The second-order valence-electron chi connectivity index (χ2n) is 7.52. The van der Waals surface area contributed by atoms with Gasteiger partial charge in [0.1, 0.15) is 5.75 Å². The molecule has 1 aliphatic rings. The molecule has 1 unspecified atom stereocenters. The van der Waals surface area contributed by atoms with E-state index in [1.165, 1.54) is 0 Å². The minimum absolute atomic E-state index is 0.0957. The van der Waals surface area contributed by atoms with Gasteiger partial charge in [0, 0.05) is 38.2 Å². The maximum absolute atomic E-state index is 14.6. The SMILES string of the molecule is COc1cccc(CCC2CN(Cc3ncn4ccccc34)CCC2(F)F)c1. The molecule has 1 fully saturated rings. The number of pyridine rings is 1. The van der Waals surface area contributed by atoms with Crippen LogP contribution in [-0.4, -0.2) is 40.4 Å². The number of hydrogen-bond donors (Lipinski definition) is 0. The molecule has 1 saturated heterocycles. The number of likely N-dealkylation sites (tertiary alicyclic amines) is 1. The van der Waals surface area contributed by atoms with E-state index in [1.807, 2.05) is 53.1 Å². The summed E-state index contributed by atoms with van der Waals surface area (Å²) in [6, 6.07) is 13.6. The van der Waals surface area contributed by atoms with E-state index in [9.17, 15) is 8.78 Å². The van der Waals surface area contributed by atoms with Gasteiger partial charge in [0.15, 0.2) is 0 Å². The number of piperidine rings is 1. The summed E-state index contributed by atoms with van der Waals surface area (Å²) in [4.78, 5) is 6.60. The third kappa shape index (κ3) is 4.02. The van der Waals surface area contributed by atoms with Crippen LogP contribution in [0.5, 0.6) is 5.75 Å². The lowest BCUT2D eigenvalue weighted by Crippen LogP contribution is -2.46. The van der Waals surface area contributed by atoms with E-state index < -0.39 is 11.8 Å². The van der Waals surface area contributed by atoms with Crippen molar-refractivity contribution in [3.8, 4) is 5.75 Å². The van der Waals surface area contributed by atoms with E-state index in [0.29, 0.717) is 32.5 Å². The van der Waals surface area contributed by atoms with Crippen molar-refractivity contribution in [2.45, 2.75) is 31.7 Å². The molecule has 2 aromatic heterocycles. The van der Waals surface area contributed by atoms with Crippen LogP contribution in [0.1, 0.15) is 24.1 Å². The molecule has 28 heavy (non-hydrogen) atoms. The summed E-state index contributed by atoms with van der Waals surface area (Å²) in [6.07, 6.45) is 4.72. The molecule has 1 aliphatic heterocycles. The zero-order valence-corrected chi connectivity index (χ0v) is 16.0. The van der Waals surface area contributed by atoms with Crippen LogP contribution in [-0.2, 0) is 13.0 Å². The van der Waals surface area contributed by atoms with E-state index in [-0.39, 0.29) is 6.42 Å². The monoisotopic (exact) mass is 385 g/mol. The van der Waals surface area contributed by atoms with Gasteiger partial charge in [0.25, 0.3) is 5.92 Å². The van der Waals surface area contributed by atoms with Gasteiger partial charge >= 0.3 is 0 Å². The highest BCUT2D eigenvalue weighted by Gasteiger charge is 2.43. The zero-order chi connectivity index (χ0) is 19.6. The molecule has 0 N–H and O–H groups in total. The van der Waals surface area contributed by atoms with Gasteiger partial charge in [-0.15, -0.1) is 0 Å². The van der Waals surface area contributed by atoms with Crippen LogP contribution in [0, 0.1) is 5.92 Å². The number of hydrogen-bond acceptors (Lipinski definition) is 3. The Morgan fingerprint density at radius 2 is 2.11 bits per heavy atom. The van der Waals surface area contributed by atoms with Gasteiger partial charge in [-0.05, 0) is 42.7 Å². The zero-order valence-electron chi connectivity index (χ0n) is 16.0. The molecule has 6 heteroatoms. The number of imidazole rings is 1. The van der Waals surface area contributed by atoms with Gasteiger partial charge in [-0.2, -0.15) is 0 Å². The van der Waals surface area contributed by atoms with Crippen molar-refractivity contribution >= 4 is 5.52 Å². The second-order valence-corrected chi connectivity index (χ2v) is 7.52. The predicted molar refractivity (Wildman–Crippen MR) is 105 cm³/mol. The summed E-state index contributed by atoms with van der Waals surface area (Å²) in [7, 11) is 1.62. The Labute approximate surface area is 163 Å². The first-order valence-corrected chi connectivity index (χ1v) is 9.69. The van der Waals surface area contributed by atoms with Gasteiger partial charge < -0.3 is 9.14 Å². The molecule has 0 radical (unpaired) electrons. The summed E-state index contributed by atoms with van der Waals surface area (Å²) in [6.45, 7) is 1.39. The summed E-state index contributed by atoms with van der Waals surface area (Å²) in [5.41, 5.74) is 3.01. The van der Waals surface area contributed by atoms with Gasteiger partial charge in [0.05, 0.1) is 24.6 Å². The Hall–Kier alpha value is -2.47. The van der Waals surface area contributed by atoms with Crippen molar-refractivity contribution in [1.82, 2.24) is 14.3 Å². The fraction of sp³-hybridized carbons (Fsp3) is 0.409. The predicted octanol–water partition coefficient (Wildman–Crippen LogP) is 4.43. The average molecular weight is 385 g/mol. The van der Waals surface area contributed by atoms with Crippen LogP contribution in [0.3, 0.4) is 0 Å². The lowest BCUT2D eigenvalue weighted by Gasteiger charge is -2.38. The molecule has 148 valence electrons. The van der Waals surface area contributed by atoms with E-state index in [0.717, 1.165) is 22.5 Å². The van der Waals surface area contributed by atoms with Crippen LogP contribution in [0.2, 0.25) is 0 Å². The minimum atomic E-state index is -2.62. The van der Waals surface area contributed by atoms with E-state index in [4.69, 9.17) is 4.74 Å². The molecule has 4 nitrogen and oxygen atoms in total. The molecule has 1 aromatic carbocycles. The first-order valence-electron chi connectivity index (χ1n) is 9.69. The number of ether oxygens (including phenoxy) is 1. The van der Waals surface area contributed by atoms with Crippen molar-refractivity contribution in [2.24, 2.45) is 5.92 Å².